The highest BCUT2D eigenvalue weighted by molar-refractivity contribution is 6.24. The Hall–Kier alpha value is -2.39. The predicted octanol–water partition coefficient (Wildman–Crippen LogP) is 5.64. The fourth-order valence-electron chi connectivity index (χ4n) is 3.19. The van der Waals surface area contributed by atoms with Crippen molar-refractivity contribution in [1.29, 1.82) is 0 Å². The average Bonchev–Trinajstić information content (AvgIpc) is 2.95. The zero-order chi connectivity index (χ0) is 19.3. The second kappa shape index (κ2) is 8.53. The van der Waals surface area contributed by atoms with Crippen LogP contribution in [0, 0.1) is 0 Å². The van der Waals surface area contributed by atoms with Crippen molar-refractivity contribution < 1.29 is 4.84 Å². The van der Waals surface area contributed by atoms with Crippen LogP contribution in [0.5, 0.6) is 0 Å². The number of nitrogens with one attached hydrogen (secondary N) is 1. The molecule has 27 heavy (non-hydrogen) atoms. The summed E-state index contributed by atoms with van der Waals surface area (Å²) >= 11 is 0. The Morgan fingerprint density at radius 1 is 1.00 bits per heavy atom. The summed E-state index contributed by atoms with van der Waals surface area (Å²) in [6.45, 7) is 10.3. The van der Waals surface area contributed by atoms with Crippen LogP contribution in [-0.4, -0.2) is 24.4 Å². The fraction of sp³-hybridized carbons (Fsp3) is 0.375. The van der Waals surface area contributed by atoms with Crippen molar-refractivity contribution in [3.8, 4) is 11.1 Å². The summed E-state index contributed by atoms with van der Waals surface area (Å²) in [5, 5.41) is 7.89. The highest BCUT2D eigenvalue weighted by Crippen LogP contribution is 2.37. The lowest BCUT2D eigenvalue weighted by Gasteiger charge is -2.16. The Balaban J connectivity index is 1.85. The van der Waals surface area contributed by atoms with E-state index in [9.17, 15) is 0 Å². The van der Waals surface area contributed by atoms with Gasteiger partial charge in [0.15, 0.2) is 0 Å². The number of nitrogens with zero attached hydrogens (tertiary/aromatic N) is 1. The lowest BCUT2D eigenvalue weighted by atomic mass is 10.0. The summed E-state index contributed by atoms with van der Waals surface area (Å²) < 4.78 is 0. The second-order valence-corrected chi connectivity index (χ2v) is 7.89. The lowest BCUT2D eigenvalue weighted by Crippen LogP contribution is -2.17. The molecule has 1 aliphatic rings. The summed E-state index contributed by atoms with van der Waals surface area (Å²) in [7, 11) is 0. The van der Waals surface area contributed by atoms with Gasteiger partial charge in [-0.25, -0.2) is 0 Å². The molecule has 0 aromatic heterocycles. The van der Waals surface area contributed by atoms with Crippen LogP contribution in [0.3, 0.4) is 0 Å². The first kappa shape index (κ1) is 19.4. The van der Waals surface area contributed by atoms with E-state index in [1.54, 1.807) is 0 Å². The van der Waals surface area contributed by atoms with Gasteiger partial charge in [0, 0.05) is 11.1 Å². The first-order chi connectivity index (χ1) is 13.0. The third-order valence-corrected chi connectivity index (χ3v) is 4.47. The maximum absolute atomic E-state index is 5.77. The normalized spacial score (nSPS) is 14.6. The van der Waals surface area contributed by atoms with Crippen molar-refractivity contribution in [2.45, 2.75) is 46.1 Å². The number of unbranched alkanes of at least 4 members (excludes halogenated alkanes) is 1. The van der Waals surface area contributed by atoms with Gasteiger partial charge >= 0.3 is 0 Å². The largest absolute Gasteiger partial charge is 0.390 e. The Morgan fingerprint density at radius 2 is 1.74 bits per heavy atom. The van der Waals surface area contributed by atoms with E-state index in [2.05, 4.69) is 72.0 Å². The molecule has 0 amide bonds. The molecule has 0 unspecified atom stereocenters. The van der Waals surface area contributed by atoms with Gasteiger partial charge in [-0.3, -0.25) is 0 Å². The van der Waals surface area contributed by atoms with Crippen molar-refractivity contribution >= 4 is 11.8 Å². The minimum absolute atomic E-state index is 0.311. The van der Waals surface area contributed by atoms with Gasteiger partial charge in [-0.1, -0.05) is 60.6 Å². The molecule has 0 atom stereocenters. The molecule has 3 nitrogen and oxygen atoms in total. The lowest BCUT2D eigenvalue weighted by molar-refractivity contribution is 0.00121. The minimum Gasteiger partial charge on any atom is -0.390 e. The van der Waals surface area contributed by atoms with Gasteiger partial charge in [0.2, 0.25) is 0 Å². The molecule has 0 spiro atoms. The molecule has 0 heterocycles. The molecule has 0 bridgehead atoms. The maximum Gasteiger partial charge on any atom is 0.129 e. The molecule has 0 fully saturated rings. The smallest absolute Gasteiger partial charge is 0.129 e. The second-order valence-electron chi connectivity index (χ2n) is 7.89. The van der Waals surface area contributed by atoms with E-state index in [1.165, 1.54) is 16.7 Å². The molecule has 0 radical (unpaired) electrons. The van der Waals surface area contributed by atoms with Crippen LogP contribution in [0.4, 0.5) is 0 Å². The zero-order valence-electron chi connectivity index (χ0n) is 16.9. The number of fused-ring (bicyclic) bond motifs is 3. The van der Waals surface area contributed by atoms with Crippen molar-refractivity contribution in [2.75, 3.05) is 13.1 Å². The molecule has 1 N–H and O–H groups in total. The van der Waals surface area contributed by atoms with Crippen molar-refractivity contribution in [3.05, 3.63) is 65.2 Å². The SMILES string of the molecule is CCNCCC/C=C/c1ccc2c(c1)/C(=N/OC(C)(C)C)c1ccccc1-2. The Morgan fingerprint density at radius 3 is 2.48 bits per heavy atom. The Bertz CT molecular complexity index is 844. The number of hydrogen-bond acceptors (Lipinski definition) is 3. The molecule has 3 heteroatoms. The molecule has 142 valence electrons. The summed E-state index contributed by atoms with van der Waals surface area (Å²) in [5.74, 6) is 0. The number of allylic oxidation sites excluding steroid dienone is 1. The molecule has 1 aliphatic carbocycles. The van der Waals surface area contributed by atoms with E-state index in [4.69, 9.17) is 4.84 Å². The molecule has 0 aliphatic heterocycles. The average molecular weight is 363 g/mol. The highest BCUT2D eigenvalue weighted by Gasteiger charge is 2.26. The summed E-state index contributed by atoms with van der Waals surface area (Å²) in [5.41, 5.74) is 6.57. The maximum atomic E-state index is 5.77. The third kappa shape index (κ3) is 4.86. The van der Waals surface area contributed by atoms with Gasteiger partial charge < -0.3 is 10.2 Å². The fourth-order valence-corrected chi connectivity index (χ4v) is 3.19. The highest BCUT2D eigenvalue weighted by atomic mass is 16.6. The van der Waals surface area contributed by atoms with Gasteiger partial charge in [0.05, 0.1) is 0 Å². The van der Waals surface area contributed by atoms with Crippen molar-refractivity contribution in [2.24, 2.45) is 5.16 Å². The molecule has 0 saturated heterocycles. The molecular formula is C24H30N2O. The Kier molecular flexibility index (Phi) is 6.12. The van der Waals surface area contributed by atoms with Gasteiger partial charge in [-0.05, 0) is 69.5 Å². The van der Waals surface area contributed by atoms with E-state index < -0.39 is 0 Å². The summed E-state index contributed by atoms with van der Waals surface area (Å²) in [6.07, 6.45) is 6.70. The van der Waals surface area contributed by atoms with Crippen LogP contribution < -0.4 is 5.32 Å². The standard InChI is InChI=1S/C24H30N2O/c1-5-25-16-10-6-7-11-18-14-15-20-19-12-8-9-13-21(19)23(22(20)17-18)26-27-24(2,3)4/h7-9,11-15,17,25H,5-6,10,16H2,1-4H3/b11-7+,26-23+. The monoisotopic (exact) mass is 362 g/mol. The number of benzene rings is 2. The molecular weight excluding hydrogens is 332 g/mol. The van der Waals surface area contributed by atoms with E-state index in [0.717, 1.165) is 42.8 Å². The van der Waals surface area contributed by atoms with Crippen LogP contribution in [0.2, 0.25) is 0 Å². The van der Waals surface area contributed by atoms with Crippen LogP contribution in [0.15, 0.2) is 53.7 Å². The zero-order valence-corrected chi connectivity index (χ0v) is 16.9. The van der Waals surface area contributed by atoms with E-state index in [1.807, 2.05) is 20.8 Å². The summed E-state index contributed by atoms with van der Waals surface area (Å²) in [6, 6.07) is 15.0. The van der Waals surface area contributed by atoms with Crippen molar-refractivity contribution in [1.82, 2.24) is 5.32 Å². The van der Waals surface area contributed by atoms with Gasteiger partial charge in [0.25, 0.3) is 0 Å². The quantitative estimate of drug-likeness (QED) is 0.436. The van der Waals surface area contributed by atoms with E-state index in [-0.39, 0.29) is 5.60 Å². The third-order valence-electron chi connectivity index (χ3n) is 4.47. The van der Waals surface area contributed by atoms with Crippen LogP contribution in [0.1, 0.15) is 57.2 Å². The number of rotatable bonds is 7. The first-order valence-corrected chi connectivity index (χ1v) is 9.87. The topological polar surface area (TPSA) is 33.6 Å². The molecule has 0 saturated carbocycles. The molecule has 2 aromatic rings. The minimum atomic E-state index is -0.311. The molecule has 3 rings (SSSR count). The Labute approximate surface area is 163 Å². The van der Waals surface area contributed by atoms with Crippen molar-refractivity contribution in [3.63, 3.8) is 0 Å². The summed E-state index contributed by atoms with van der Waals surface area (Å²) in [4.78, 5) is 5.77. The van der Waals surface area contributed by atoms with E-state index in [0.29, 0.717) is 0 Å². The van der Waals surface area contributed by atoms with Gasteiger partial charge in [0.1, 0.15) is 11.3 Å². The number of hydrogen-bond donors (Lipinski definition) is 1. The van der Waals surface area contributed by atoms with Gasteiger partial charge in [-0.2, -0.15) is 0 Å². The van der Waals surface area contributed by atoms with Crippen LogP contribution in [-0.2, 0) is 4.84 Å². The van der Waals surface area contributed by atoms with E-state index >= 15 is 0 Å². The van der Waals surface area contributed by atoms with Crippen LogP contribution >= 0.6 is 0 Å². The number of oxime groups is 1. The first-order valence-electron chi connectivity index (χ1n) is 9.87. The predicted molar refractivity (Wildman–Crippen MR) is 115 cm³/mol. The molecule has 2 aromatic carbocycles. The van der Waals surface area contributed by atoms with Gasteiger partial charge in [-0.15, -0.1) is 0 Å². The van der Waals surface area contributed by atoms with Crippen LogP contribution in [0.25, 0.3) is 17.2 Å².